The van der Waals surface area contributed by atoms with E-state index >= 15 is 0 Å². The third kappa shape index (κ3) is 12.1. The second-order valence-electron chi connectivity index (χ2n) is 30.3. The molecule has 0 atom stereocenters. The van der Waals surface area contributed by atoms with E-state index in [1.165, 1.54) is 188 Å². The first-order valence-electron chi connectivity index (χ1n) is 39.7. The van der Waals surface area contributed by atoms with E-state index in [2.05, 4.69) is 427 Å². The Hall–Kier alpha value is -14.1. The summed E-state index contributed by atoms with van der Waals surface area (Å²) in [5.41, 5.74) is 34.3. The first-order valence-corrected chi connectivity index (χ1v) is 39.7. The average molecular weight is 1440 g/mol. The third-order valence-electron chi connectivity index (χ3n) is 24.0. The van der Waals surface area contributed by atoms with Crippen LogP contribution in [0.15, 0.2) is 413 Å². The van der Waals surface area contributed by atoms with Gasteiger partial charge >= 0.3 is 0 Å². The second kappa shape index (κ2) is 28.7. The average Bonchev–Trinajstić information content (AvgIpc) is 0.705. The van der Waals surface area contributed by atoms with Gasteiger partial charge in [0.1, 0.15) is 0 Å². The normalized spacial score (nSPS) is 12.2. The highest BCUT2D eigenvalue weighted by atomic mass is 15.2. The topological polar surface area (TPSA) is 9.72 Å². The van der Waals surface area contributed by atoms with Crippen molar-refractivity contribution in [2.45, 2.75) is 19.4 Å². The highest BCUT2D eigenvalue weighted by molar-refractivity contribution is 7.00. The van der Waals surface area contributed by atoms with Crippen LogP contribution < -0.4 is 31.1 Å². The Labute approximate surface area is 661 Å². The molecule has 0 bridgehead atoms. The molecule has 0 saturated carbocycles. The summed E-state index contributed by atoms with van der Waals surface area (Å²) >= 11 is 0. The predicted octanol–water partition coefficient (Wildman–Crippen LogP) is 26.3. The SMILES string of the molecule is c1ccc(-c2ccc(N(Cc3cc4c5c(c3)N(CCc3c(-c6ccccc6)cccc3-c3ccccc3)c3ccc(-c6ccc7c8cccc9cccc(c%10cccc6c%107)c98)cc3B5c3cc(-c5ccccc5)ccc3N4CCc3c(-c4ccccc4)cccc3-c3ccccc3)c3ccc(-c4ccccc4)cc3)cc2)cc1. The number of anilines is 6. The number of rotatable bonds is 18. The molecule has 0 saturated heterocycles. The molecule has 19 aromatic rings. The number of nitrogens with zero attached hydrogens (tertiary/aromatic N) is 3. The van der Waals surface area contributed by atoms with Crippen LogP contribution in [0.1, 0.15) is 16.7 Å². The molecule has 21 rings (SSSR count). The second-order valence-corrected chi connectivity index (χ2v) is 30.3. The fourth-order valence-electron chi connectivity index (χ4n) is 18.8. The van der Waals surface area contributed by atoms with Gasteiger partial charge in [-0.3, -0.25) is 0 Å². The number of benzene rings is 19. The fraction of sp³-hybridized carbons (Fsp3) is 0.0459. The summed E-state index contributed by atoms with van der Waals surface area (Å²) in [5.74, 6) is 0. The predicted molar refractivity (Wildman–Crippen MR) is 482 cm³/mol. The molecule has 113 heavy (non-hydrogen) atoms. The van der Waals surface area contributed by atoms with Crippen molar-refractivity contribution in [2.75, 3.05) is 27.8 Å². The van der Waals surface area contributed by atoms with Gasteiger partial charge in [-0.25, -0.2) is 0 Å². The molecule has 2 aliphatic rings. The molecule has 2 heterocycles. The minimum Gasteiger partial charge on any atom is -0.342 e. The molecule has 19 aromatic carbocycles. The van der Waals surface area contributed by atoms with E-state index in [-0.39, 0.29) is 6.71 Å². The van der Waals surface area contributed by atoms with Gasteiger partial charge in [0.25, 0.3) is 6.71 Å². The highest BCUT2D eigenvalue weighted by Gasteiger charge is 2.44. The summed E-state index contributed by atoms with van der Waals surface area (Å²) in [5, 5.41) is 10.3. The van der Waals surface area contributed by atoms with Crippen LogP contribution in [0.4, 0.5) is 34.1 Å². The first kappa shape index (κ1) is 67.1. The largest absolute Gasteiger partial charge is 0.342 e. The Balaban J connectivity index is 0.817. The van der Waals surface area contributed by atoms with Crippen molar-refractivity contribution in [2.24, 2.45) is 0 Å². The molecular formula is C109H78BN3. The first-order chi connectivity index (χ1) is 56.1. The Morgan fingerprint density at radius 1 is 0.230 bits per heavy atom. The molecule has 532 valence electrons. The van der Waals surface area contributed by atoms with Crippen molar-refractivity contribution < 1.29 is 0 Å². The molecule has 0 spiro atoms. The summed E-state index contributed by atoms with van der Waals surface area (Å²) in [4.78, 5) is 8.03. The van der Waals surface area contributed by atoms with Gasteiger partial charge in [-0.1, -0.05) is 364 Å². The highest BCUT2D eigenvalue weighted by Crippen LogP contribution is 2.47. The summed E-state index contributed by atoms with van der Waals surface area (Å²) in [6.45, 7) is 1.80. The van der Waals surface area contributed by atoms with Gasteiger partial charge < -0.3 is 14.7 Å². The van der Waals surface area contributed by atoms with Crippen LogP contribution >= 0.6 is 0 Å². The van der Waals surface area contributed by atoms with Crippen molar-refractivity contribution >= 4 is 100 Å². The molecule has 3 nitrogen and oxygen atoms in total. The summed E-state index contributed by atoms with van der Waals surface area (Å²) in [6, 6.07) is 155. The Kier molecular flexibility index (Phi) is 17.1. The van der Waals surface area contributed by atoms with E-state index < -0.39 is 0 Å². The van der Waals surface area contributed by atoms with Gasteiger partial charge in [-0.05, 0) is 227 Å². The molecule has 2 aliphatic heterocycles. The van der Waals surface area contributed by atoms with Gasteiger partial charge in [0, 0.05) is 53.8 Å². The van der Waals surface area contributed by atoms with Crippen molar-refractivity contribution in [3.05, 3.63) is 429 Å². The van der Waals surface area contributed by atoms with Crippen molar-refractivity contribution in [3.63, 3.8) is 0 Å². The number of hydrogen-bond donors (Lipinski definition) is 0. The van der Waals surface area contributed by atoms with E-state index in [1.54, 1.807) is 0 Å². The van der Waals surface area contributed by atoms with Gasteiger partial charge in [-0.2, -0.15) is 0 Å². The Bertz CT molecular complexity index is 6470. The lowest BCUT2D eigenvalue weighted by atomic mass is 9.33. The molecule has 4 heteroatoms. The molecule has 0 radical (unpaired) electrons. The van der Waals surface area contributed by atoms with Crippen LogP contribution in [0.5, 0.6) is 0 Å². The monoisotopic (exact) mass is 1440 g/mol. The van der Waals surface area contributed by atoms with Crippen LogP contribution in [-0.2, 0) is 19.4 Å². The minimum atomic E-state index is -0.181. The van der Waals surface area contributed by atoms with Crippen molar-refractivity contribution in [1.82, 2.24) is 0 Å². The fourth-order valence-corrected chi connectivity index (χ4v) is 18.8. The molecule has 0 aromatic heterocycles. The van der Waals surface area contributed by atoms with Crippen molar-refractivity contribution in [1.29, 1.82) is 0 Å². The summed E-state index contributed by atoms with van der Waals surface area (Å²) < 4.78 is 0. The third-order valence-corrected chi connectivity index (χ3v) is 24.0. The molecule has 0 amide bonds. The molecule has 0 N–H and O–H groups in total. The zero-order valence-electron chi connectivity index (χ0n) is 62.7. The van der Waals surface area contributed by atoms with Crippen LogP contribution in [0.25, 0.3) is 132 Å². The van der Waals surface area contributed by atoms with E-state index in [0.717, 1.165) is 24.2 Å². The maximum Gasteiger partial charge on any atom is 0.252 e. The quantitative estimate of drug-likeness (QED) is 0.0482. The smallest absolute Gasteiger partial charge is 0.252 e. The Morgan fingerprint density at radius 2 is 0.566 bits per heavy atom. The molecule has 0 fully saturated rings. The van der Waals surface area contributed by atoms with Gasteiger partial charge in [0.05, 0.1) is 0 Å². The minimum absolute atomic E-state index is 0.181. The maximum absolute atomic E-state index is 2.75. The zero-order chi connectivity index (χ0) is 74.7. The lowest BCUT2D eigenvalue weighted by Crippen LogP contribution is -2.62. The van der Waals surface area contributed by atoms with Crippen LogP contribution in [0, 0.1) is 0 Å². The van der Waals surface area contributed by atoms with E-state index in [1.807, 2.05) is 0 Å². The van der Waals surface area contributed by atoms with Gasteiger partial charge in [0.15, 0.2) is 0 Å². The van der Waals surface area contributed by atoms with E-state index in [9.17, 15) is 0 Å². The zero-order valence-corrected chi connectivity index (χ0v) is 62.7. The molecular weight excluding hydrogens is 1360 g/mol. The molecule has 0 aliphatic carbocycles. The van der Waals surface area contributed by atoms with E-state index in [4.69, 9.17) is 0 Å². The lowest BCUT2D eigenvalue weighted by Gasteiger charge is -2.45. The van der Waals surface area contributed by atoms with Crippen LogP contribution in [-0.4, -0.2) is 19.8 Å². The number of hydrogen-bond acceptors (Lipinski definition) is 3. The van der Waals surface area contributed by atoms with Gasteiger partial charge in [0.2, 0.25) is 0 Å². The molecule has 0 unspecified atom stereocenters. The lowest BCUT2D eigenvalue weighted by molar-refractivity contribution is 0.900. The van der Waals surface area contributed by atoms with Crippen LogP contribution in [0.3, 0.4) is 0 Å². The summed E-state index contributed by atoms with van der Waals surface area (Å²) in [7, 11) is 0. The van der Waals surface area contributed by atoms with Crippen molar-refractivity contribution in [3.8, 4) is 89.0 Å². The number of fused-ring (bicyclic) bond motifs is 6. The Morgan fingerprint density at radius 3 is 1.00 bits per heavy atom. The summed E-state index contributed by atoms with van der Waals surface area (Å²) in [6.07, 6.45) is 1.52. The van der Waals surface area contributed by atoms with E-state index in [0.29, 0.717) is 19.6 Å². The van der Waals surface area contributed by atoms with Gasteiger partial charge in [-0.15, -0.1) is 0 Å². The van der Waals surface area contributed by atoms with Crippen LogP contribution in [0.2, 0.25) is 0 Å². The maximum atomic E-state index is 2.75. The standard InChI is InChI=1S/C109H78BN3/c1-8-27-75(28-9-1)78-51-57-87(58-52-78)113(88-59-53-79(54-60-88)76-29-10-2-11-30-76)73-74-69-105-109-106(70-74)112(68-66-95-91(82-37-18-6-19-38-82)45-25-46-92(95)83-39-20-7-21-40-83)104-64-56-86(93-61-62-100-98-48-23-42-84-41-22-47-97(107(84)98)99-50-26-49-96(93)108(99)100)72-102(104)110(109)101-71-85(77-31-12-3-13-32-77)55-63-103(101)111(105)67-65-94-89(80-33-14-4-15-34-80)43-24-44-90(94)81-35-16-5-17-36-81/h1-64,69-72H,65-68,73H2.